The van der Waals surface area contributed by atoms with Crippen LogP contribution in [0.5, 0.6) is 0 Å². The predicted octanol–water partition coefficient (Wildman–Crippen LogP) is -3.23. The van der Waals surface area contributed by atoms with Gasteiger partial charge in [-0.25, -0.2) is 0 Å². The molecule has 0 bridgehead atoms. The quantitative estimate of drug-likeness (QED) is 0.140. The van der Waals surface area contributed by atoms with E-state index in [0.29, 0.717) is 19.3 Å². The second-order valence-corrected chi connectivity index (χ2v) is 16.4. The molecular formula is C33H52O15. The number of Topliss-reactive ketones (excluding diaryl/α,β-unsaturated/α-hetero) is 1. The van der Waals surface area contributed by atoms with Gasteiger partial charge in [0.25, 0.3) is 0 Å². The number of carbonyl (C=O) groups is 1. The molecule has 0 radical (unpaired) electrons. The highest BCUT2D eigenvalue weighted by Gasteiger charge is 2.79. The molecule has 3 saturated heterocycles. The Morgan fingerprint density at radius 1 is 0.896 bits per heavy atom. The number of fused-ring (bicyclic) bond motifs is 7. The number of hydrogen-bond acceptors (Lipinski definition) is 15. The molecular weight excluding hydrogens is 636 g/mol. The summed E-state index contributed by atoms with van der Waals surface area (Å²) in [6.45, 7) is 7.19. The molecule has 0 amide bonds. The Kier molecular flexibility index (Phi) is 8.55. The molecule has 3 aliphatic heterocycles. The lowest BCUT2D eigenvalue weighted by Gasteiger charge is -2.66. The van der Waals surface area contributed by atoms with E-state index in [9.17, 15) is 55.9 Å². The number of rotatable bonds is 3. The summed E-state index contributed by atoms with van der Waals surface area (Å²) in [6, 6.07) is 0. The normalized spacial score (nSPS) is 62.7. The summed E-state index contributed by atoms with van der Waals surface area (Å²) < 4.78 is 25.1. The van der Waals surface area contributed by atoms with Gasteiger partial charge in [-0.2, -0.15) is 0 Å². The average molecular weight is 689 g/mol. The van der Waals surface area contributed by atoms with Gasteiger partial charge in [-0.1, -0.05) is 27.7 Å². The molecule has 7 aliphatic rings. The minimum absolute atomic E-state index is 0.0880. The molecule has 1 spiro atoms. The number of aliphatic hydroxyl groups excluding tert-OH is 9. The summed E-state index contributed by atoms with van der Waals surface area (Å²) in [5.74, 6) is -4.30. The molecule has 0 aromatic heterocycles. The maximum atomic E-state index is 13.8. The summed E-state index contributed by atoms with van der Waals surface area (Å²) in [7, 11) is 0. The largest absolute Gasteiger partial charge is 0.394 e. The minimum Gasteiger partial charge on any atom is -0.394 e. The molecule has 7 fully saturated rings. The second-order valence-electron chi connectivity index (χ2n) is 16.4. The lowest BCUT2D eigenvalue weighted by atomic mass is 9.40. The average Bonchev–Trinajstić information content (AvgIpc) is 3.50. The molecule has 4 saturated carbocycles. The number of carbonyl (C=O) groups excluding carboxylic acids is 1. The van der Waals surface area contributed by atoms with Crippen molar-refractivity contribution in [3.63, 3.8) is 0 Å². The molecule has 0 aromatic rings. The number of aliphatic hydroxyl groups is 10. The first-order chi connectivity index (χ1) is 22.4. The summed E-state index contributed by atoms with van der Waals surface area (Å²) >= 11 is 0. The van der Waals surface area contributed by atoms with Crippen LogP contribution in [0, 0.1) is 46.3 Å². The number of ketones is 1. The van der Waals surface area contributed by atoms with Gasteiger partial charge >= 0.3 is 0 Å². The van der Waals surface area contributed by atoms with E-state index < -0.39 is 114 Å². The third-order valence-corrected chi connectivity index (χ3v) is 14.5. The maximum Gasteiger partial charge on any atom is 0.196 e. The van der Waals surface area contributed by atoms with Crippen molar-refractivity contribution in [3.8, 4) is 0 Å². The van der Waals surface area contributed by atoms with Crippen molar-refractivity contribution in [2.24, 2.45) is 46.3 Å². The highest BCUT2D eigenvalue weighted by atomic mass is 16.7. The van der Waals surface area contributed by atoms with Crippen molar-refractivity contribution >= 4 is 5.78 Å². The molecule has 7 rings (SSSR count). The van der Waals surface area contributed by atoms with Gasteiger partial charge in [-0.15, -0.1) is 0 Å². The first-order valence-corrected chi connectivity index (χ1v) is 17.4. The van der Waals surface area contributed by atoms with Gasteiger partial charge in [0.15, 0.2) is 23.5 Å². The van der Waals surface area contributed by atoms with Crippen LogP contribution >= 0.6 is 0 Å². The van der Waals surface area contributed by atoms with Gasteiger partial charge in [0.1, 0.15) is 48.8 Å². The SMILES string of the molecule is C[C@H]1CO[C@]2(C[C@@H]1O[C@@H]1O[C@H](CO)[C@@H](O)[C@H](O)[C@H]1O)O[C@H]1C[C@H]3[C@@H]4[C@@H](O)C(=O)[C@]5(O)[C@@H](O)[C@@H](O)[C@@H](O)[C@@H](O)[C@]5(C)[C@H]4CC[C@]3(C)[C@H]1[C@@H]2C. The van der Waals surface area contributed by atoms with Gasteiger partial charge in [-0.3, -0.25) is 4.79 Å². The van der Waals surface area contributed by atoms with Gasteiger partial charge in [0, 0.05) is 23.7 Å². The summed E-state index contributed by atoms with van der Waals surface area (Å²) in [5, 5.41) is 107. The zero-order valence-electron chi connectivity index (χ0n) is 27.6. The van der Waals surface area contributed by atoms with Gasteiger partial charge in [0.2, 0.25) is 0 Å². The van der Waals surface area contributed by atoms with Crippen molar-refractivity contribution in [2.45, 2.75) is 138 Å². The van der Waals surface area contributed by atoms with Crippen molar-refractivity contribution in [3.05, 3.63) is 0 Å². The van der Waals surface area contributed by atoms with E-state index in [0.717, 1.165) is 0 Å². The first kappa shape index (κ1) is 35.5. The fourth-order valence-corrected chi connectivity index (χ4v) is 11.7. The topological polar surface area (TPSA) is 256 Å². The molecule has 0 unspecified atom stereocenters. The van der Waals surface area contributed by atoms with E-state index in [4.69, 9.17) is 18.9 Å². The monoisotopic (exact) mass is 688 g/mol. The summed E-state index contributed by atoms with van der Waals surface area (Å²) in [5.41, 5.74) is -4.90. The van der Waals surface area contributed by atoms with Crippen LogP contribution in [0.2, 0.25) is 0 Å². The van der Waals surface area contributed by atoms with E-state index in [1.807, 2.05) is 13.8 Å². The number of ether oxygens (including phenoxy) is 4. The fourth-order valence-electron chi connectivity index (χ4n) is 11.7. The molecule has 15 heteroatoms. The molecule has 48 heavy (non-hydrogen) atoms. The molecule has 3 heterocycles. The predicted molar refractivity (Wildman–Crippen MR) is 159 cm³/mol. The van der Waals surface area contributed by atoms with Crippen molar-refractivity contribution in [1.29, 1.82) is 0 Å². The van der Waals surface area contributed by atoms with Crippen LogP contribution in [-0.4, -0.2) is 155 Å². The standard InChI is InChI=1S/C33H52O15/c1-11-10-45-32(8-16(11)46-29-25(40)22(37)20(35)17(9-34)47-29)12(2)19-15(48-32)7-14-18-13(5-6-30(14,19)3)31(4)26(41)23(38)24(39)28(43)33(31,44)27(42)21(18)36/h11-26,28-29,34-41,43-44H,5-10H2,1-4H3/t11-,12-,13-,14-,15-,16-,17+,18+,19-,20+,21+,22-,23+,24-,25+,26+,28-,29+,30-,31-,32+,33-/m0/s1. The Labute approximate surface area is 278 Å². The van der Waals surface area contributed by atoms with Gasteiger partial charge < -0.3 is 70.0 Å². The maximum absolute atomic E-state index is 13.8. The van der Waals surface area contributed by atoms with Crippen molar-refractivity contribution in [2.75, 3.05) is 13.2 Å². The van der Waals surface area contributed by atoms with E-state index >= 15 is 0 Å². The van der Waals surface area contributed by atoms with Crippen LogP contribution in [0.25, 0.3) is 0 Å². The van der Waals surface area contributed by atoms with E-state index in [1.54, 1.807) is 0 Å². The minimum atomic E-state index is -2.68. The van der Waals surface area contributed by atoms with Crippen LogP contribution in [-0.2, 0) is 23.7 Å². The Bertz CT molecular complexity index is 1270. The van der Waals surface area contributed by atoms with Crippen molar-refractivity contribution in [1.82, 2.24) is 0 Å². The van der Waals surface area contributed by atoms with Crippen LogP contribution in [0.1, 0.15) is 53.4 Å². The van der Waals surface area contributed by atoms with Gasteiger partial charge in [0.05, 0.1) is 31.5 Å². The molecule has 0 aromatic carbocycles. The highest BCUT2D eigenvalue weighted by molar-refractivity contribution is 5.94. The highest BCUT2D eigenvalue weighted by Crippen LogP contribution is 2.71. The lowest BCUT2D eigenvalue weighted by Crippen LogP contribution is -2.82. The molecule has 22 atom stereocenters. The van der Waals surface area contributed by atoms with E-state index in [2.05, 4.69) is 6.92 Å². The van der Waals surface area contributed by atoms with Crippen molar-refractivity contribution < 1.29 is 74.8 Å². The molecule has 15 nitrogen and oxygen atoms in total. The third-order valence-electron chi connectivity index (χ3n) is 14.5. The molecule has 274 valence electrons. The van der Waals surface area contributed by atoms with Crippen LogP contribution in [0.15, 0.2) is 0 Å². The first-order valence-electron chi connectivity index (χ1n) is 17.4. The number of hydrogen-bond donors (Lipinski definition) is 10. The Hall–Kier alpha value is -0.890. The molecule has 4 aliphatic carbocycles. The van der Waals surface area contributed by atoms with Gasteiger partial charge in [-0.05, 0) is 48.3 Å². The van der Waals surface area contributed by atoms with Crippen LogP contribution in [0.3, 0.4) is 0 Å². The third kappa shape index (κ3) is 4.35. The van der Waals surface area contributed by atoms with Crippen LogP contribution < -0.4 is 0 Å². The zero-order chi connectivity index (χ0) is 35.0. The smallest absolute Gasteiger partial charge is 0.196 e. The summed E-state index contributed by atoms with van der Waals surface area (Å²) in [4.78, 5) is 13.8. The Morgan fingerprint density at radius 3 is 2.23 bits per heavy atom. The lowest BCUT2D eigenvalue weighted by molar-refractivity contribution is -0.345. The summed E-state index contributed by atoms with van der Waals surface area (Å²) in [6.07, 6.45) is -15.7. The Morgan fingerprint density at radius 2 is 1.56 bits per heavy atom. The van der Waals surface area contributed by atoms with Crippen LogP contribution in [0.4, 0.5) is 0 Å². The fraction of sp³-hybridized carbons (Fsp3) is 0.970. The molecule has 10 N–H and O–H groups in total. The van der Waals surface area contributed by atoms with E-state index in [1.165, 1.54) is 6.92 Å². The van der Waals surface area contributed by atoms with E-state index in [-0.39, 0.29) is 42.8 Å². The second kappa shape index (κ2) is 11.6. The Balaban J connectivity index is 1.14. The zero-order valence-corrected chi connectivity index (χ0v) is 27.6.